The number of guanidine groups is 1. The molecule has 2 N–H and O–H groups in total. The fourth-order valence-electron chi connectivity index (χ4n) is 2.44. The summed E-state index contributed by atoms with van der Waals surface area (Å²) >= 11 is 6.01. The first-order chi connectivity index (χ1) is 13.1. The van der Waals surface area contributed by atoms with Crippen LogP contribution in [0, 0.1) is 6.92 Å². The number of aromatic nitrogens is 2. The molecule has 0 atom stereocenters. The Hall–Kier alpha value is -2.86. The monoisotopic (exact) mass is 383 g/mol. The number of hydrogen-bond donors (Lipinski definition) is 2. The molecule has 0 aliphatic heterocycles. The summed E-state index contributed by atoms with van der Waals surface area (Å²) in [5, 5.41) is 11.1. The van der Waals surface area contributed by atoms with E-state index in [1.54, 1.807) is 12.1 Å². The van der Waals surface area contributed by atoms with E-state index >= 15 is 0 Å². The van der Waals surface area contributed by atoms with E-state index in [1.807, 2.05) is 19.1 Å². The first-order valence-corrected chi connectivity index (χ1v) is 9.18. The number of nitrogens with one attached hydrogen (secondary N) is 2. The maximum Gasteiger partial charge on any atom is 0.246 e. The topological polar surface area (TPSA) is 75.3 Å². The molecule has 1 heterocycles. The highest BCUT2D eigenvalue weighted by atomic mass is 35.5. The molecule has 0 saturated carbocycles. The van der Waals surface area contributed by atoms with Crippen molar-refractivity contribution in [3.63, 3.8) is 0 Å². The Balaban J connectivity index is 1.62. The van der Waals surface area contributed by atoms with Gasteiger partial charge in [-0.1, -0.05) is 58.7 Å². The molecule has 0 unspecified atom stereocenters. The summed E-state index contributed by atoms with van der Waals surface area (Å²) in [6, 6.07) is 15.7. The maximum absolute atomic E-state index is 6.01. The zero-order valence-electron chi connectivity index (χ0n) is 15.4. The van der Waals surface area contributed by atoms with Crippen LogP contribution < -0.4 is 10.6 Å². The number of aliphatic imine (C=N–C) groups is 1. The van der Waals surface area contributed by atoms with E-state index in [-0.39, 0.29) is 0 Å². The zero-order valence-corrected chi connectivity index (χ0v) is 16.1. The molecule has 0 saturated heterocycles. The molecule has 2 aromatic carbocycles. The van der Waals surface area contributed by atoms with Gasteiger partial charge in [-0.25, -0.2) is 4.99 Å². The van der Waals surface area contributed by atoms with Gasteiger partial charge in [-0.05, 0) is 31.5 Å². The van der Waals surface area contributed by atoms with Crippen molar-refractivity contribution in [2.24, 2.45) is 4.99 Å². The van der Waals surface area contributed by atoms with E-state index in [0.717, 1.165) is 17.7 Å². The number of hydrogen-bond acceptors (Lipinski definition) is 4. The van der Waals surface area contributed by atoms with Gasteiger partial charge in [0, 0.05) is 17.1 Å². The van der Waals surface area contributed by atoms with E-state index in [1.165, 1.54) is 5.56 Å². The van der Waals surface area contributed by atoms with E-state index in [9.17, 15) is 0 Å². The van der Waals surface area contributed by atoms with E-state index < -0.39 is 0 Å². The number of benzene rings is 2. The predicted molar refractivity (Wildman–Crippen MR) is 108 cm³/mol. The Morgan fingerprint density at radius 3 is 2.70 bits per heavy atom. The van der Waals surface area contributed by atoms with Crippen LogP contribution in [-0.2, 0) is 13.1 Å². The first-order valence-electron chi connectivity index (χ1n) is 8.80. The fraction of sp³-hybridized carbons (Fsp3) is 0.250. The molecule has 3 rings (SSSR count). The van der Waals surface area contributed by atoms with Crippen LogP contribution in [0.3, 0.4) is 0 Å². The van der Waals surface area contributed by atoms with Gasteiger partial charge in [0.25, 0.3) is 0 Å². The highest BCUT2D eigenvalue weighted by Gasteiger charge is 2.09. The molecule has 0 bridgehead atoms. The van der Waals surface area contributed by atoms with Gasteiger partial charge in [-0.2, -0.15) is 4.98 Å². The summed E-state index contributed by atoms with van der Waals surface area (Å²) in [7, 11) is 0. The molecule has 0 aliphatic rings. The van der Waals surface area contributed by atoms with E-state index in [4.69, 9.17) is 16.1 Å². The minimum Gasteiger partial charge on any atom is -0.357 e. The second-order valence-electron chi connectivity index (χ2n) is 6.06. The average molecular weight is 384 g/mol. The van der Waals surface area contributed by atoms with E-state index in [2.05, 4.69) is 57.0 Å². The number of aryl methyl sites for hydroxylation is 1. The van der Waals surface area contributed by atoms with Gasteiger partial charge in [0.2, 0.25) is 11.7 Å². The van der Waals surface area contributed by atoms with Crippen LogP contribution in [0.2, 0.25) is 5.02 Å². The van der Waals surface area contributed by atoms with Crippen LogP contribution in [0.4, 0.5) is 0 Å². The molecule has 0 amide bonds. The van der Waals surface area contributed by atoms with E-state index in [0.29, 0.717) is 35.8 Å². The standard InChI is InChI=1S/C20H22ClN5O/c1-3-22-20(23-12-15-9-7-14(2)8-10-15)24-13-18-25-19(26-27-18)16-5-4-6-17(21)11-16/h4-11H,3,12-13H2,1-2H3,(H2,22,23,24). The highest BCUT2D eigenvalue weighted by Crippen LogP contribution is 2.19. The van der Waals surface area contributed by atoms with Gasteiger partial charge in [-0.15, -0.1) is 0 Å². The van der Waals surface area contributed by atoms with Gasteiger partial charge in [-0.3, -0.25) is 0 Å². The van der Waals surface area contributed by atoms with Crippen molar-refractivity contribution in [2.75, 3.05) is 6.54 Å². The van der Waals surface area contributed by atoms with Crippen molar-refractivity contribution < 1.29 is 4.52 Å². The number of halogens is 1. The Labute approximate surface area is 163 Å². The Kier molecular flexibility index (Phi) is 6.44. The van der Waals surface area contributed by atoms with Gasteiger partial charge in [0.1, 0.15) is 0 Å². The molecule has 3 aromatic rings. The Morgan fingerprint density at radius 2 is 1.96 bits per heavy atom. The third kappa shape index (κ3) is 5.56. The Bertz CT molecular complexity index is 905. The molecule has 0 radical (unpaired) electrons. The van der Waals surface area contributed by atoms with Crippen molar-refractivity contribution in [3.8, 4) is 11.4 Å². The summed E-state index contributed by atoms with van der Waals surface area (Å²) < 4.78 is 5.31. The van der Waals surface area contributed by atoms with Crippen LogP contribution in [0.5, 0.6) is 0 Å². The minimum absolute atomic E-state index is 0.382. The van der Waals surface area contributed by atoms with Gasteiger partial charge in [0.15, 0.2) is 5.96 Å². The summed E-state index contributed by atoms with van der Waals surface area (Å²) in [5.74, 6) is 1.68. The lowest BCUT2D eigenvalue weighted by atomic mass is 10.1. The van der Waals surface area contributed by atoms with Gasteiger partial charge < -0.3 is 15.2 Å². The second kappa shape index (κ2) is 9.19. The molecule has 0 fully saturated rings. The van der Waals surface area contributed by atoms with Crippen LogP contribution in [-0.4, -0.2) is 22.6 Å². The second-order valence-corrected chi connectivity index (χ2v) is 6.49. The summed E-state index contributed by atoms with van der Waals surface area (Å²) in [6.45, 7) is 5.82. The van der Waals surface area contributed by atoms with Gasteiger partial charge >= 0.3 is 0 Å². The molecule has 7 heteroatoms. The first kappa shape index (κ1) is 18.9. The average Bonchev–Trinajstić information content (AvgIpc) is 3.14. The molecule has 0 aliphatic carbocycles. The molecule has 1 aromatic heterocycles. The van der Waals surface area contributed by atoms with Gasteiger partial charge in [0.05, 0.1) is 13.1 Å². The van der Waals surface area contributed by atoms with Crippen molar-refractivity contribution in [3.05, 3.63) is 70.6 Å². The summed E-state index contributed by atoms with van der Waals surface area (Å²) in [4.78, 5) is 8.99. The van der Waals surface area contributed by atoms with Crippen molar-refractivity contribution in [1.82, 2.24) is 20.8 Å². The number of rotatable bonds is 6. The largest absolute Gasteiger partial charge is 0.357 e. The van der Waals surface area contributed by atoms with Crippen LogP contribution in [0.25, 0.3) is 11.4 Å². The molecule has 6 nitrogen and oxygen atoms in total. The predicted octanol–water partition coefficient (Wildman–Crippen LogP) is 3.95. The molecule has 0 spiro atoms. The molecular weight excluding hydrogens is 362 g/mol. The number of nitrogens with zero attached hydrogens (tertiary/aromatic N) is 3. The lowest BCUT2D eigenvalue weighted by Gasteiger charge is -2.09. The maximum atomic E-state index is 6.01. The van der Waals surface area contributed by atoms with Crippen LogP contribution in [0.1, 0.15) is 23.9 Å². The van der Waals surface area contributed by atoms with Crippen LogP contribution >= 0.6 is 11.6 Å². The molecule has 140 valence electrons. The Morgan fingerprint density at radius 1 is 1.15 bits per heavy atom. The van der Waals surface area contributed by atoms with Crippen LogP contribution in [0.15, 0.2) is 58.0 Å². The summed E-state index contributed by atoms with van der Waals surface area (Å²) in [5.41, 5.74) is 3.20. The lowest BCUT2D eigenvalue weighted by Crippen LogP contribution is -2.36. The normalized spacial score (nSPS) is 11.4. The molecule has 27 heavy (non-hydrogen) atoms. The highest BCUT2D eigenvalue weighted by molar-refractivity contribution is 6.30. The lowest BCUT2D eigenvalue weighted by molar-refractivity contribution is 0.375. The summed E-state index contributed by atoms with van der Waals surface area (Å²) in [6.07, 6.45) is 0. The van der Waals surface area contributed by atoms with Crippen molar-refractivity contribution in [1.29, 1.82) is 0 Å². The smallest absolute Gasteiger partial charge is 0.246 e. The zero-order chi connectivity index (χ0) is 19.1. The quantitative estimate of drug-likeness (QED) is 0.498. The third-order valence-corrected chi connectivity index (χ3v) is 4.08. The van der Waals surface area contributed by atoms with Crippen molar-refractivity contribution in [2.45, 2.75) is 26.9 Å². The minimum atomic E-state index is 0.382. The third-order valence-electron chi connectivity index (χ3n) is 3.84. The SMILES string of the molecule is CCNC(=NCc1ccc(C)cc1)NCc1nc(-c2cccc(Cl)c2)no1. The fourth-order valence-corrected chi connectivity index (χ4v) is 2.63. The van der Waals surface area contributed by atoms with Crippen molar-refractivity contribution >= 4 is 17.6 Å². The molecular formula is C20H22ClN5O.